The highest BCUT2D eigenvalue weighted by atomic mass is 15.1. The third-order valence-electron chi connectivity index (χ3n) is 12.3. The predicted molar refractivity (Wildman–Crippen MR) is 320 cm³/mol. The number of nitrogens with one attached hydrogen (secondary N) is 2. The van der Waals surface area contributed by atoms with E-state index in [1.807, 2.05) is 7.05 Å². The number of hydrogen-bond acceptors (Lipinski definition) is 17. The lowest BCUT2D eigenvalue weighted by Crippen LogP contribution is -2.43. The zero-order valence-electron chi connectivity index (χ0n) is 47.2. The van der Waals surface area contributed by atoms with Gasteiger partial charge in [0.2, 0.25) is 0 Å². The number of rotatable bonds is 37. The third-order valence-corrected chi connectivity index (χ3v) is 12.3. The van der Waals surface area contributed by atoms with E-state index in [1.54, 1.807) is 0 Å². The maximum absolute atomic E-state index is 5.65. The van der Waals surface area contributed by atoms with Gasteiger partial charge in [-0.15, -0.1) is 0 Å². The van der Waals surface area contributed by atoms with E-state index < -0.39 is 0 Å². The summed E-state index contributed by atoms with van der Waals surface area (Å²) in [4.78, 5) is 4.50. The average Bonchev–Trinajstić information content (AvgIpc) is 3.35. The lowest BCUT2D eigenvalue weighted by molar-refractivity contribution is 0.281. The van der Waals surface area contributed by atoms with Crippen LogP contribution in [0.15, 0.2) is 0 Å². The van der Waals surface area contributed by atoms with Crippen molar-refractivity contribution in [2.45, 2.75) is 225 Å². The molecule has 0 bridgehead atoms. The van der Waals surface area contributed by atoms with Gasteiger partial charge in [-0.3, -0.25) is 0 Å². The molecule has 0 aromatic heterocycles. The smallest absolute Gasteiger partial charge is 0.0192 e. The van der Waals surface area contributed by atoms with Crippen LogP contribution in [-0.2, 0) is 0 Å². The highest BCUT2D eigenvalue weighted by Gasteiger charge is 2.17. The van der Waals surface area contributed by atoms with E-state index in [0.29, 0.717) is 0 Å². The van der Waals surface area contributed by atoms with Gasteiger partial charge in [0.1, 0.15) is 0 Å². The second kappa shape index (κ2) is 75.8. The molecule has 71 heavy (non-hydrogen) atoms. The van der Waals surface area contributed by atoms with Crippen molar-refractivity contribution in [3.8, 4) is 0 Å². The van der Waals surface area contributed by atoms with Crippen molar-refractivity contribution in [3.05, 3.63) is 0 Å². The van der Waals surface area contributed by atoms with Gasteiger partial charge in [0.25, 0.3) is 0 Å². The minimum Gasteiger partial charge on any atom is -0.330 e. The molecular formula is C54H137N17. The van der Waals surface area contributed by atoms with E-state index >= 15 is 0 Å². The summed E-state index contributed by atoms with van der Waals surface area (Å²) < 4.78 is 0. The highest BCUT2D eigenvalue weighted by Crippen LogP contribution is 2.15. The zero-order valence-corrected chi connectivity index (χ0v) is 47.2. The Morgan fingerprint density at radius 2 is 0.634 bits per heavy atom. The van der Waals surface area contributed by atoms with Gasteiger partial charge in [0, 0.05) is 89.6 Å². The third kappa shape index (κ3) is 78.4. The first kappa shape index (κ1) is 81.7. The molecule has 0 radical (unpaired) electrons. The van der Waals surface area contributed by atoms with E-state index in [1.165, 1.54) is 142 Å². The SMILES string of the molecule is C.CCCCCCCCCCCN(CCN)CCN.CCCNCCCCCNCCN.CN(CCN)CCN.NCCCCCCN.NCCCCCN.N[C@@H]1CCCC[C@@H]1N.N[C@@H]1CCCC[C@H]1N. The molecule has 17 nitrogen and oxygen atoms in total. The number of likely N-dealkylation sites (N-methyl/N-ethyl adjacent to an activating group) is 1. The molecule has 0 heterocycles. The van der Waals surface area contributed by atoms with Gasteiger partial charge in [-0.2, -0.15) is 0 Å². The molecule has 0 aromatic carbocycles. The van der Waals surface area contributed by atoms with Gasteiger partial charge >= 0.3 is 0 Å². The second-order valence-corrected chi connectivity index (χ2v) is 19.3. The Bertz CT molecular complexity index is 782. The van der Waals surface area contributed by atoms with Crippen LogP contribution >= 0.6 is 0 Å². The van der Waals surface area contributed by atoms with E-state index in [2.05, 4.69) is 34.3 Å². The van der Waals surface area contributed by atoms with Gasteiger partial charge in [0.05, 0.1) is 0 Å². The molecule has 2 fully saturated rings. The maximum Gasteiger partial charge on any atom is 0.0192 e. The zero-order chi connectivity index (χ0) is 53.4. The van der Waals surface area contributed by atoms with Crippen LogP contribution in [0.4, 0.5) is 0 Å². The first-order valence-corrected chi connectivity index (χ1v) is 29.2. The molecular weight excluding hydrogens is 887 g/mol. The Hall–Kier alpha value is -0.680. The lowest BCUT2D eigenvalue weighted by atomic mass is 9.92. The number of hydrogen-bond donors (Lipinski definition) is 15. The minimum absolute atomic E-state index is 0. The summed E-state index contributed by atoms with van der Waals surface area (Å²) in [7, 11) is 2.01. The van der Waals surface area contributed by atoms with Crippen molar-refractivity contribution in [1.29, 1.82) is 0 Å². The fourth-order valence-corrected chi connectivity index (χ4v) is 7.59. The van der Waals surface area contributed by atoms with Crippen LogP contribution in [0.25, 0.3) is 0 Å². The first-order valence-electron chi connectivity index (χ1n) is 29.2. The number of nitrogens with zero attached hydrogens (tertiary/aromatic N) is 2. The van der Waals surface area contributed by atoms with Crippen molar-refractivity contribution in [2.75, 3.05) is 125 Å². The Morgan fingerprint density at radius 3 is 0.944 bits per heavy atom. The summed E-state index contributed by atoms with van der Waals surface area (Å²) in [5.41, 5.74) is 70.7. The highest BCUT2D eigenvalue weighted by molar-refractivity contribution is 4.80. The molecule has 0 unspecified atom stereocenters. The van der Waals surface area contributed by atoms with Gasteiger partial charge in [-0.05, 0) is 136 Å². The Morgan fingerprint density at radius 1 is 0.324 bits per heavy atom. The number of nitrogens with two attached hydrogens (primary N) is 13. The van der Waals surface area contributed by atoms with Crippen molar-refractivity contribution >= 4 is 0 Å². The molecule has 0 saturated heterocycles. The van der Waals surface area contributed by atoms with Crippen molar-refractivity contribution in [3.63, 3.8) is 0 Å². The molecule has 438 valence electrons. The van der Waals surface area contributed by atoms with Crippen molar-refractivity contribution in [1.82, 2.24) is 20.4 Å². The predicted octanol–water partition coefficient (Wildman–Crippen LogP) is 3.88. The van der Waals surface area contributed by atoms with E-state index in [9.17, 15) is 0 Å². The van der Waals surface area contributed by atoms with Crippen LogP contribution in [0.2, 0.25) is 0 Å². The van der Waals surface area contributed by atoms with E-state index in [0.717, 1.165) is 156 Å². The molecule has 2 saturated carbocycles. The Labute approximate surface area is 443 Å². The summed E-state index contributed by atoms with van der Waals surface area (Å²) in [5, 5.41) is 6.69. The summed E-state index contributed by atoms with van der Waals surface area (Å²) in [6, 6.07) is 1.12. The van der Waals surface area contributed by atoms with Gasteiger partial charge in [-0.1, -0.05) is 124 Å². The lowest BCUT2D eigenvalue weighted by Gasteiger charge is -2.24. The standard InChI is InChI=1S/C15H35N3.C10H25N3.2C6H14N2.C6H16N2.C5H15N3.C5H14N2.CH4/c1-2-3-4-5-6-7-8-9-10-13-18(14-11-16)15-12-17;1-2-7-12-8-4-3-5-9-13-10-6-11;2*7-5-3-1-2-4-6(5)8;7-5-3-1-2-4-6-8;1-8(4-2-6)5-3-7;6-4-2-1-3-5-7;/h2-17H2,1H3;12-13H,2-11H2,1H3;2*5-6H,1-4,7-8H2;1-8H2;2-7H2,1H3;1-7H2;1H4/t;;5-,6+;5-,6-;;;;/m...1..../s1. The van der Waals surface area contributed by atoms with Crippen LogP contribution in [0, 0.1) is 0 Å². The fourth-order valence-electron chi connectivity index (χ4n) is 7.59. The molecule has 28 N–H and O–H groups in total. The van der Waals surface area contributed by atoms with Crippen LogP contribution in [0.1, 0.15) is 201 Å². The summed E-state index contributed by atoms with van der Waals surface area (Å²) in [6.07, 6.45) is 35.4. The quantitative estimate of drug-likeness (QED) is 0.0393. The molecule has 4 atom stereocenters. The second-order valence-electron chi connectivity index (χ2n) is 19.3. The summed E-state index contributed by atoms with van der Waals surface area (Å²) in [5.74, 6) is 0. The number of unbranched alkanes of at least 4 members (excludes halogenated alkanes) is 15. The van der Waals surface area contributed by atoms with E-state index in [4.69, 9.17) is 74.5 Å². The van der Waals surface area contributed by atoms with Crippen molar-refractivity contribution in [2.24, 2.45) is 74.5 Å². The van der Waals surface area contributed by atoms with Gasteiger partial charge in [0.15, 0.2) is 0 Å². The minimum atomic E-state index is 0. The van der Waals surface area contributed by atoms with E-state index in [-0.39, 0.29) is 31.6 Å². The summed E-state index contributed by atoms with van der Waals surface area (Å²) in [6.45, 7) is 20.9. The molecule has 0 spiro atoms. The van der Waals surface area contributed by atoms with Gasteiger partial charge in [-0.25, -0.2) is 0 Å². The molecule has 0 aliphatic heterocycles. The van der Waals surface area contributed by atoms with Crippen LogP contribution in [-0.4, -0.2) is 159 Å². The van der Waals surface area contributed by atoms with Crippen LogP contribution < -0.4 is 85.2 Å². The average molecular weight is 1020 g/mol. The largest absolute Gasteiger partial charge is 0.330 e. The van der Waals surface area contributed by atoms with Crippen LogP contribution in [0.5, 0.6) is 0 Å². The summed E-state index contributed by atoms with van der Waals surface area (Å²) >= 11 is 0. The molecule has 0 amide bonds. The van der Waals surface area contributed by atoms with Crippen LogP contribution in [0.3, 0.4) is 0 Å². The first-order chi connectivity index (χ1) is 34.0. The Balaban J connectivity index is -0.000000178. The van der Waals surface area contributed by atoms with Gasteiger partial charge < -0.3 is 95.0 Å². The Kier molecular flexibility index (Phi) is 87.2. The molecule has 2 rings (SSSR count). The normalized spacial score (nSPS) is 17.0. The fraction of sp³-hybridized carbons (Fsp3) is 1.00. The molecule has 17 heteroatoms. The molecule has 2 aliphatic rings. The molecule has 2 aliphatic carbocycles. The maximum atomic E-state index is 5.65. The topological polar surface area (TPSA) is 369 Å². The van der Waals surface area contributed by atoms with Crippen molar-refractivity contribution < 1.29 is 0 Å². The monoisotopic (exact) mass is 1020 g/mol. The molecule has 0 aromatic rings.